The van der Waals surface area contributed by atoms with Gasteiger partial charge in [0.05, 0.1) is 11.9 Å². The number of nitrogens with one attached hydrogen (secondary N) is 1. The first-order chi connectivity index (χ1) is 11.5. The fraction of sp³-hybridized carbons (Fsp3) is 0.667. The van der Waals surface area contributed by atoms with E-state index in [0.717, 1.165) is 12.1 Å². The van der Waals surface area contributed by atoms with Crippen LogP contribution in [-0.4, -0.2) is 45.8 Å². The van der Waals surface area contributed by atoms with Gasteiger partial charge in [0.25, 0.3) is 0 Å². The molecular formula is C15H20F3N5OS. The molecule has 0 spiro atoms. The van der Waals surface area contributed by atoms with E-state index in [-0.39, 0.29) is 5.41 Å². The minimum absolute atomic E-state index is 0.0960. The van der Waals surface area contributed by atoms with Crippen LogP contribution in [0.25, 0.3) is 4.96 Å². The van der Waals surface area contributed by atoms with Crippen LogP contribution in [0.1, 0.15) is 39.3 Å². The van der Waals surface area contributed by atoms with Crippen molar-refractivity contribution in [2.75, 3.05) is 18.0 Å². The number of amides is 1. The Hall–Kier alpha value is -1.84. The molecule has 25 heavy (non-hydrogen) atoms. The van der Waals surface area contributed by atoms with E-state index >= 15 is 0 Å². The summed E-state index contributed by atoms with van der Waals surface area (Å²) in [6.07, 6.45) is -1.31. The molecule has 3 rings (SSSR count). The van der Waals surface area contributed by atoms with Gasteiger partial charge in [-0.3, -0.25) is 4.79 Å². The number of rotatable bonds is 3. The third-order valence-corrected chi connectivity index (χ3v) is 5.02. The highest BCUT2D eigenvalue weighted by Crippen LogP contribution is 2.31. The molecule has 1 unspecified atom stereocenters. The van der Waals surface area contributed by atoms with Gasteiger partial charge in [-0.25, -0.2) is 9.50 Å². The number of halogens is 3. The van der Waals surface area contributed by atoms with Gasteiger partial charge in [-0.05, 0) is 12.8 Å². The van der Waals surface area contributed by atoms with Gasteiger partial charge in [0.2, 0.25) is 16.0 Å². The second-order valence-corrected chi connectivity index (χ2v) is 8.11. The van der Waals surface area contributed by atoms with Crippen LogP contribution in [0.5, 0.6) is 0 Å². The van der Waals surface area contributed by atoms with Gasteiger partial charge in [-0.2, -0.15) is 13.2 Å². The molecule has 1 aliphatic rings. The topological polar surface area (TPSA) is 62.5 Å². The molecule has 0 aromatic carbocycles. The number of hydrogen-bond donors (Lipinski definition) is 1. The van der Waals surface area contributed by atoms with E-state index in [1.807, 2.05) is 11.5 Å². The average molecular weight is 375 g/mol. The summed E-state index contributed by atoms with van der Waals surface area (Å²) in [5.41, 5.74) is 0.819. The zero-order chi connectivity index (χ0) is 18.4. The second-order valence-electron chi connectivity index (χ2n) is 7.17. The molecule has 2 aromatic rings. The van der Waals surface area contributed by atoms with Crippen molar-refractivity contribution in [1.29, 1.82) is 0 Å². The Labute approximate surface area is 147 Å². The molecule has 1 amide bonds. The summed E-state index contributed by atoms with van der Waals surface area (Å²) in [5.74, 6) is -0.613. The summed E-state index contributed by atoms with van der Waals surface area (Å²) in [4.78, 5) is 19.1. The summed E-state index contributed by atoms with van der Waals surface area (Å²) in [5, 5.41) is 7.04. The van der Waals surface area contributed by atoms with Crippen molar-refractivity contribution in [1.82, 2.24) is 19.9 Å². The molecule has 2 aromatic heterocycles. The average Bonchev–Trinajstić information content (AvgIpc) is 3.15. The number of carbonyl (C=O) groups excluding carboxylic acids is 1. The largest absolute Gasteiger partial charge is 0.405 e. The van der Waals surface area contributed by atoms with Crippen LogP contribution >= 0.6 is 11.3 Å². The van der Waals surface area contributed by atoms with Crippen LogP contribution in [0.4, 0.5) is 18.3 Å². The third kappa shape index (κ3) is 3.88. The number of nitrogens with zero attached hydrogens (tertiary/aromatic N) is 4. The van der Waals surface area contributed by atoms with Crippen LogP contribution in [0, 0.1) is 0 Å². The van der Waals surface area contributed by atoms with Crippen molar-refractivity contribution >= 4 is 27.3 Å². The van der Waals surface area contributed by atoms with Gasteiger partial charge in [-0.1, -0.05) is 32.1 Å². The Kier molecular flexibility index (Phi) is 4.42. The van der Waals surface area contributed by atoms with Gasteiger partial charge >= 0.3 is 6.18 Å². The van der Waals surface area contributed by atoms with Crippen molar-refractivity contribution in [2.24, 2.45) is 0 Å². The highest BCUT2D eigenvalue weighted by Gasteiger charge is 2.35. The summed E-state index contributed by atoms with van der Waals surface area (Å²) in [7, 11) is 0. The molecule has 0 saturated carbocycles. The van der Waals surface area contributed by atoms with Crippen LogP contribution in [0.3, 0.4) is 0 Å². The molecular weight excluding hydrogens is 355 g/mol. The Morgan fingerprint density at radius 2 is 2.12 bits per heavy atom. The number of carbonyl (C=O) groups is 1. The summed E-state index contributed by atoms with van der Waals surface area (Å²) in [6.45, 7) is 5.45. The number of hydrogen-bond acceptors (Lipinski definition) is 5. The Balaban J connectivity index is 1.77. The first-order valence-electron chi connectivity index (χ1n) is 8.02. The summed E-state index contributed by atoms with van der Waals surface area (Å²) < 4.78 is 38.6. The van der Waals surface area contributed by atoms with E-state index in [2.05, 4.69) is 30.9 Å². The lowest BCUT2D eigenvalue weighted by Gasteiger charge is -2.23. The predicted octanol–water partition coefficient (Wildman–Crippen LogP) is 2.74. The number of aromatic nitrogens is 3. The van der Waals surface area contributed by atoms with Crippen LogP contribution < -0.4 is 10.2 Å². The van der Waals surface area contributed by atoms with Gasteiger partial charge in [0.1, 0.15) is 12.6 Å². The van der Waals surface area contributed by atoms with Gasteiger partial charge in [-0.15, -0.1) is 5.10 Å². The van der Waals surface area contributed by atoms with Crippen molar-refractivity contribution < 1.29 is 18.0 Å². The van der Waals surface area contributed by atoms with E-state index in [0.29, 0.717) is 23.1 Å². The zero-order valence-corrected chi connectivity index (χ0v) is 15.0. The highest BCUT2D eigenvalue weighted by atomic mass is 32.1. The van der Waals surface area contributed by atoms with Crippen molar-refractivity contribution in [2.45, 2.75) is 51.2 Å². The first-order valence-corrected chi connectivity index (χ1v) is 8.84. The minimum Gasteiger partial charge on any atom is -0.345 e. The molecule has 1 atom stereocenters. The second kappa shape index (κ2) is 6.15. The quantitative estimate of drug-likeness (QED) is 0.896. The molecule has 1 fully saturated rings. The third-order valence-electron chi connectivity index (χ3n) is 4.07. The minimum atomic E-state index is -4.41. The maximum Gasteiger partial charge on any atom is 0.405 e. The molecule has 1 aliphatic heterocycles. The van der Waals surface area contributed by atoms with E-state index in [9.17, 15) is 18.0 Å². The predicted molar refractivity (Wildman–Crippen MR) is 89.0 cm³/mol. The highest BCUT2D eigenvalue weighted by molar-refractivity contribution is 7.20. The lowest BCUT2D eigenvalue weighted by molar-refractivity contribution is -0.139. The molecule has 6 nitrogen and oxygen atoms in total. The van der Waals surface area contributed by atoms with Crippen LogP contribution in [0.2, 0.25) is 0 Å². The normalized spacial score (nSPS) is 19.0. The number of anilines is 1. The fourth-order valence-electron chi connectivity index (χ4n) is 2.74. The van der Waals surface area contributed by atoms with E-state index in [1.54, 1.807) is 9.42 Å². The van der Waals surface area contributed by atoms with Crippen LogP contribution in [-0.2, 0) is 10.2 Å². The molecule has 10 heteroatoms. The van der Waals surface area contributed by atoms with Crippen molar-refractivity contribution in [3.8, 4) is 0 Å². The Bertz CT molecular complexity index is 745. The summed E-state index contributed by atoms with van der Waals surface area (Å²) >= 11 is 1.34. The SMILES string of the molecule is CC(C)(C)c1cn2nc(N3CCCC3C(=O)NCC(F)(F)F)sc2n1. The van der Waals surface area contributed by atoms with Gasteiger partial charge < -0.3 is 10.2 Å². The molecule has 3 heterocycles. The molecule has 1 N–H and O–H groups in total. The maximum absolute atomic E-state index is 12.3. The van der Waals surface area contributed by atoms with Gasteiger partial charge in [0.15, 0.2) is 0 Å². The number of fused-ring (bicyclic) bond motifs is 1. The zero-order valence-electron chi connectivity index (χ0n) is 14.2. The lowest BCUT2D eigenvalue weighted by atomic mass is 9.93. The number of imidazole rings is 1. The molecule has 138 valence electrons. The maximum atomic E-state index is 12.3. The first kappa shape index (κ1) is 18.0. The monoisotopic (exact) mass is 375 g/mol. The van der Waals surface area contributed by atoms with Crippen LogP contribution in [0.15, 0.2) is 6.20 Å². The standard InChI is InChI=1S/C15H20F3N5OS/c1-14(2,3)10-7-23-12(20-10)25-13(21-23)22-6-4-5-9(22)11(24)19-8-15(16,17)18/h7,9H,4-6,8H2,1-3H3,(H,19,24). The fourth-order valence-corrected chi connectivity index (χ4v) is 3.70. The van der Waals surface area contributed by atoms with E-state index in [4.69, 9.17) is 0 Å². The van der Waals surface area contributed by atoms with E-state index in [1.165, 1.54) is 11.3 Å². The van der Waals surface area contributed by atoms with Crippen molar-refractivity contribution in [3.05, 3.63) is 11.9 Å². The Morgan fingerprint density at radius 3 is 2.72 bits per heavy atom. The molecule has 1 saturated heterocycles. The van der Waals surface area contributed by atoms with E-state index < -0.39 is 24.7 Å². The number of alkyl halides is 3. The molecule has 0 radical (unpaired) electrons. The Morgan fingerprint density at radius 1 is 1.40 bits per heavy atom. The van der Waals surface area contributed by atoms with Crippen molar-refractivity contribution in [3.63, 3.8) is 0 Å². The van der Waals surface area contributed by atoms with Gasteiger partial charge in [0, 0.05) is 12.0 Å². The smallest absolute Gasteiger partial charge is 0.345 e. The molecule has 0 bridgehead atoms. The summed E-state index contributed by atoms with van der Waals surface area (Å²) in [6, 6.07) is -0.625. The molecule has 0 aliphatic carbocycles. The lowest BCUT2D eigenvalue weighted by Crippen LogP contribution is -2.46.